The molecule has 1 atom stereocenters. The maximum Gasteiger partial charge on any atom is 0.201 e. The zero-order chi connectivity index (χ0) is 15.2. The zero-order valence-electron chi connectivity index (χ0n) is 12.3. The number of Topliss-reactive ketones (excluding diaryl/α,β-unsaturated/α-hetero) is 1. The van der Waals surface area contributed by atoms with Gasteiger partial charge >= 0.3 is 0 Å². The van der Waals surface area contributed by atoms with Crippen LogP contribution in [0.2, 0.25) is 0 Å². The summed E-state index contributed by atoms with van der Waals surface area (Å²) >= 11 is 3.38. The van der Waals surface area contributed by atoms with Gasteiger partial charge in [-0.3, -0.25) is 4.79 Å². The summed E-state index contributed by atoms with van der Waals surface area (Å²) in [5, 5.41) is 0. The van der Waals surface area contributed by atoms with Crippen molar-refractivity contribution in [2.75, 3.05) is 6.61 Å². The molecule has 0 N–H and O–H groups in total. The van der Waals surface area contributed by atoms with E-state index in [-0.39, 0.29) is 12.4 Å². The third-order valence-corrected chi connectivity index (χ3v) is 4.30. The van der Waals surface area contributed by atoms with E-state index in [1.165, 1.54) is 5.56 Å². The number of rotatable bonds is 6. The number of halogens is 1. The Balaban J connectivity index is 1.97. The number of ketones is 1. The summed E-state index contributed by atoms with van der Waals surface area (Å²) in [7, 11) is 0. The smallest absolute Gasteiger partial charge is 0.201 e. The van der Waals surface area contributed by atoms with Crippen LogP contribution < -0.4 is 4.74 Å². The minimum Gasteiger partial charge on any atom is -0.485 e. The highest BCUT2D eigenvalue weighted by Crippen LogP contribution is 2.22. The quantitative estimate of drug-likeness (QED) is 0.670. The normalized spacial score (nSPS) is 12.0. The van der Waals surface area contributed by atoms with Gasteiger partial charge in [-0.25, -0.2) is 0 Å². The third kappa shape index (κ3) is 4.18. The van der Waals surface area contributed by atoms with Gasteiger partial charge in [0, 0.05) is 10.0 Å². The molecule has 0 aliphatic carbocycles. The van der Waals surface area contributed by atoms with Crippen LogP contribution in [0.1, 0.15) is 42.1 Å². The first-order valence-corrected chi connectivity index (χ1v) is 7.91. The Labute approximate surface area is 134 Å². The van der Waals surface area contributed by atoms with Crippen molar-refractivity contribution in [2.45, 2.75) is 26.2 Å². The van der Waals surface area contributed by atoms with Crippen LogP contribution >= 0.6 is 15.9 Å². The molecule has 0 aromatic heterocycles. The molecule has 1 unspecified atom stereocenters. The van der Waals surface area contributed by atoms with Gasteiger partial charge in [0.25, 0.3) is 0 Å². The highest BCUT2D eigenvalue weighted by atomic mass is 79.9. The number of benzene rings is 2. The van der Waals surface area contributed by atoms with Crippen molar-refractivity contribution < 1.29 is 9.53 Å². The predicted molar refractivity (Wildman–Crippen MR) is 89.1 cm³/mol. The molecule has 0 aliphatic heterocycles. The maximum atomic E-state index is 12.1. The van der Waals surface area contributed by atoms with E-state index in [2.05, 4.69) is 41.9 Å². The molecule has 0 saturated carbocycles. The summed E-state index contributed by atoms with van der Waals surface area (Å²) in [4.78, 5) is 12.1. The highest BCUT2D eigenvalue weighted by Gasteiger charge is 2.10. The van der Waals surface area contributed by atoms with Crippen LogP contribution in [0.4, 0.5) is 0 Å². The van der Waals surface area contributed by atoms with Gasteiger partial charge in [-0.05, 0) is 36.1 Å². The Morgan fingerprint density at radius 3 is 2.43 bits per heavy atom. The van der Waals surface area contributed by atoms with Crippen LogP contribution in [-0.2, 0) is 0 Å². The van der Waals surface area contributed by atoms with Crippen molar-refractivity contribution in [1.29, 1.82) is 0 Å². The van der Waals surface area contributed by atoms with Gasteiger partial charge in [-0.15, -0.1) is 0 Å². The lowest BCUT2D eigenvalue weighted by molar-refractivity contribution is 0.0920. The molecular weight excluding hydrogens is 328 g/mol. The Hall–Kier alpha value is -1.61. The molecule has 2 aromatic carbocycles. The Morgan fingerprint density at radius 2 is 1.81 bits per heavy atom. The average molecular weight is 347 g/mol. The van der Waals surface area contributed by atoms with Crippen molar-refractivity contribution >= 4 is 21.7 Å². The fourth-order valence-corrected chi connectivity index (χ4v) is 2.55. The van der Waals surface area contributed by atoms with E-state index in [1.807, 2.05) is 30.3 Å². The highest BCUT2D eigenvalue weighted by molar-refractivity contribution is 9.10. The first-order valence-electron chi connectivity index (χ1n) is 7.12. The molecule has 2 rings (SSSR count). The topological polar surface area (TPSA) is 26.3 Å². The molecular formula is C18H19BrO2. The largest absolute Gasteiger partial charge is 0.485 e. The fraction of sp³-hybridized carbons (Fsp3) is 0.278. The molecule has 3 heteroatoms. The molecule has 21 heavy (non-hydrogen) atoms. The van der Waals surface area contributed by atoms with Gasteiger partial charge in [0.05, 0.1) is 0 Å². The number of carbonyl (C=O) groups excluding carboxylic acids is 1. The van der Waals surface area contributed by atoms with E-state index in [1.54, 1.807) is 6.07 Å². The minimum absolute atomic E-state index is 0.0338. The SMILES string of the molecule is CCC(C)c1ccc(OCC(=O)c2ccccc2Br)cc1. The van der Waals surface area contributed by atoms with E-state index in [4.69, 9.17) is 4.74 Å². The summed E-state index contributed by atoms with van der Waals surface area (Å²) in [5.74, 6) is 1.23. The second-order valence-electron chi connectivity index (χ2n) is 5.07. The Kier molecular flexibility index (Phi) is 5.57. The summed E-state index contributed by atoms with van der Waals surface area (Å²) in [6, 6.07) is 15.4. The van der Waals surface area contributed by atoms with E-state index < -0.39 is 0 Å². The number of hydrogen-bond acceptors (Lipinski definition) is 2. The van der Waals surface area contributed by atoms with Crippen LogP contribution in [-0.4, -0.2) is 12.4 Å². The molecule has 0 amide bonds. The second kappa shape index (κ2) is 7.41. The summed E-state index contributed by atoms with van der Waals surface area (Å²) < 4.78 is 6.37. The minimum atomic E-state index is -0.0338. The Bertz CT molecular complexity index is 605. The first kappa shape index (κ1) is 15.8. The van der Waals surface area contributed by atoms with Gasteiger partial charge < -0.3 is 4.74 Å². The molecule has 0 fully saturated rings. The monoisotopic (exact) mass is 346 g/mol. The van der Waals surface area contributed by atoms with Crippen molar-refractivity contribution in [3.63, 3.8) is 0 Å². The number of hydrogen-bond donors (Lipinski definition) is 0. The molecule has 110 valence electrons. The molecule has 0 spiro atoms. The third-order valence-electron chi connectivity index (χ3n) is 3.61. The molecule has 2 aromatic rings. The number of carbonyl (C=O) groups is 1. The standard InChI is InChI=1S/C18H19BrO2/c1-3-13(2)14-8-10-15(11-9-14)21-12-18(20)16-6-4-5-7-17(16)19/h4-11,13H,3,12H2,1-2H3. The molecule has 0 radical (unpaired) electrons. The molecule has 2 nitrogen and oxygen atoms in total. The van der Waals surface area contributed by atoms with Gasteiger partial charge in [-0.2, -0.15) is 0 Å². The summed E-state index contributed by atoms with van der Waals surface area (Å²) in [6.45, 7) is 4.42. The van der Waals surface area contributed by atoms with E-state index in [9.17, 15) is 4.79 Å². The van der Waals surface area contributed by atoms with Crippen LogP contribution in [0.3, 0.4) is 0 Å². The maximum absolute atomic E-state index is 12.1. The van der Waals surface area contributed by atoms with Gasteiger partial charge in [-0.1, -0.05) is 60.1 Å². The first-order chi connectivity index (χ1) is 10.1. The van der Waals surface area contributed by atoms with Crippen LogP contribution in [0, 0.1) is 0 Å². The van der Waals surface area contributed by atoms with Crippen molar-refractivity contribution in [3.8, 4) is 5.75 Å². The van der Waals surface area contributed by atoms with E-state index in [0.717, 1.165) is 16.6 Å². The fourth-order valence-electron chi connectivity index (χ4n) is 2.04. The lowest BCUT2D eigenvalue weighted by atomic mass is 9.99. The number of ether oxygens (including phenoxy) is 1. The average Bonchev–Trinajstić information content (AvgIpc) is 2.52. The lowest BCUT2D eigenvalue weighted by Crippen LogP contribution is -2.12. The zero-order valence-corrected chi connectivity index (χ0v) is 13.9. The van der Waals surface area contributed by atoms with Crippen molar-refractivity contribution in [2.24, 2.45) is 0 Å². The lowest BCUT2D eigenvalue weighted by Gasteiger charge is -2.10. The molecule has 0 bridgehead atoms. The van der Waals surface area contributed by atoms with Gasteiger partial charge in [0.2, 0.25) is 5.78 Å². The van der Waals surface area contributed by atoms with E-state index >= 15 is 0 Å². The summed E-state index contributed by atoms with van der Waals surface area (Å²) in [6.07, 6.45) is 1.11. The molecule has 0 heterocycles. The second-order valence-corrected chi connectivity index (χ2v) is 5.92. The van der Waals surface area contributed by atoms with Gasteiger partial charge in [0.1, 0.15) is 5.75 Å². The molecule has 0 saturated heterocycles. The van der Waals surface area contributed by atoms with Crippen LogP contribution in [0.15, 0.2) is 53.0 Å². The van der Waals surface area contributed by atoms with Crippen molar-refractivity contribution in [1.82, 2.24) is 0 Å². The van der Waals surface area contributed by atoms with E-state index in [0.29, 0.717) is 11.5 Å². The van der Waals surface area contributed by atoms with Gasteiger partial charge in [0.15, 0.2) is 6.61 Å². The van der Waals surface area contributed by atoms with Crippen LogP contribution in [0.25, 0.3) is 0 Å². The summed E-state index contributed by atoms with van der Waals surface area (Å²) in [5.41, 5.74) is 1.94. The van der Waals surface area contributed by atoms with Crippen molar-refractivity contribution in [3.05, 3.63) is 64.1 Å². The molecule has 0 aliphatic rings. The Morgan fingerprint density at radius 1 is 1.14 bits per heavy atom. The van der Waals surface area contributed by atoms with Crippen LogP contribution in [0.5, 0.6) is 5.75 Å². The predicted octanol–water partition coefficient (Wildman–Crippen LogP) is 5.22.